The van der Waals surface area contributed by atoms with Crippen LogP contribution >= 0.6 is 0 Å². The van der Waals surface area contributed by atoms with Gasteiger partial charge in [0.25, 0.3) is 0 Å². The van der Waals surface area contributed by atoms with E-state index in [1.807, 2.05) is 60.7 Å². The predicted molar refractivity (Wildman–Crippen MR) is 94.4 cm³/mol. The van der Waals surface area contributed by atoms with Gasteiger partial charge in [0.15, 0.2) is 0 Å². The van der Waals surface area contributed by atoms with Gasteiger partial charge in [0.05, 0.1) is 19.3 Å². The molecule has 3 rings (SSSR count). The van der Waals surface area contributed by atoms with Crippen molar-refractivity contribution in [3.8, 4) is 0 Å². The normalized spacial score (nSPS) is 19.3. The molecule has 0 radical (unpaired) electrons. The third-order valence-electron chi connectivity index (χ3n) is 4.32. The molecular weight excluding hydrogens is 334 g/mol. The molecule has 2 atom stereocenters. The van der Waals surface area contributed by atoms with E-state index in [2.05, 4.69) is 0 Å². The second-order valence-corrected chi connectivity index (χ2v) is 6.20. The highest BCUT2D eigenvalue weighted by atomic mass is 16.6. The molecule has 136 valence electrons. The molecular formula is C20H21NO5. The Bertz CT molecular complexity index is 734. The summed E-state index contributed by atoms with van der Waals surface area (Å²) in [5.74, 6) is -1.05. The van der Waals surface area contributed by atoms with Crippen LogP contribution < -0.4 is 0 Å². The van der Waals surface area contributed by atoms with Crippen molar-refractivity contribution in [1.82, 2.24) is 4.90 Å². The Morgan fingerprint density at radius 2 is 1.54 bits per heavy atom. The number of likely N-dealkylation sites (tertiary alicyclic amines) is 1. The zero-order chi connectivity index (χ0) is 18.4. The van der Waals surface area contributed by atoms with Gasteiger partial charge in [-0.15, -0.1) is 0 Å². The summed E-state index contributed by atoms with van der Waals surface area (Å²) in [6, 6.07) is 18.0. The summed E-state index contributed by atoms with van der Waals surface area (Å²) < 4.78 is 11.1. The van der Waals surface area contributed by atoms with Gasteiger partial charge in [-0.05, 0) is 11.1 Å². The number of carboxylic acids is 1. The first kappa shape index (κ1) is 17.9. The standard InChI is InChI=1S/C20H21NO5/c22-19(23)18-11-17(25-13-15-7-3-1-4-8-15)12-21(18)20(24)26-14-16-9-5-2-6-10-16/h1-10,17-18H,11-14H2,(H,22,23)/t17-,18-/m0/s1. The Balaban J connectivity index is 1.56. The molecule has 1 amide bonds. The molecule has 0 bridgehead atoms. The number of carboxylic acid groups (broad SMARTS) is 1. The molecule has 0 spiro atoms. The molecule has 2 aromatic carbocycles. The monoisotopic (exact) mass is 355 g/mol. The molecule has 0 saturated carbocycles. The van der Waals surface area contributed by atoms with Gasteiger partial charge < -0.3 is 14.6 Å². The number of hydrogen-bond donors (Lipinski definition) is 1. The van der Waals surface area contributed by atoms with Crippen LogP contribution in [-0.2, 0) is 27.5 Å². The van der Waals surface area contributed by atoms with Gasteiger partial charge in [-0.25, -0.2) is 9.59 Å². The third kappa shape index (κ3) is 4.61. The lowest BCUT2D eigenvalue weighted by Crippen LogP contribution is -2.40. The number of carbonyl (C=O) groups is 2. The number of hydrogen-bond acceptors (Lipinski definition) is 4. The van der Waals surface area contributed by atoms with E-state index in [1.165, 1.54) is 4.90 Å². The number of carbonyl (C=O) groups excluding carboxylic acids is 1. The molecule has 0 unspecified atom stereocenters. The number of ether oxygens (including phenoxy) is 2. The van der Waals surface area contributed by atoms with E-state index in [9.17, 15) is 14.7 Å². The average Bonchev–Trinajstić information content (AvgIpc) is 3.11. The van der Waals surface area contributed by atoms with Gasteiger partial charge >= 0.3 is 12.1 Å². The molecule has 1 fully saturated rings. The Hall–Kier alpha value is -2.86. The minimum Gasteiger partial charge on any atom is -0.480 e. The van der Waals surface area contributed by atoms with Crippen molar-refractivity contribution in [2.45, 2.75) is 31.8 Å². The summed E-state index contributed by atoms with van der Waals surface area (Å²) >= 11 is 0. The lowest BCUT2D eigenvalue weighted by atomic mass is 10.2. The largest absolute Gasteiger partial charge is 0.480 e. The first-order valence-electron chi connectivity index (χ1n) is 8.49. The van der Waals surface area contributed by atoms with Crippen LogP contribution in [0.25, 0.3) is 0 Å². The van der Waals surface area contributed by atoms with Crippen molar-refractivity contribution in [3.05, 3.63) is 71.8 Å². The lowest BCUT2D eigenvalue weighted by molar-refractivity contribution is -0.141. The van der Waals surface area contributed by atoms with Gasteiger partial charge in [-0.1, -0.05) is 60.7 Å². The summed E-state index contributed by atoms with van der Waals surface area (Å²) in [6.07, 6.45) is -0.713. The van der Waals surface area contributed by atoms with Gasteiger partial charge in [0, 0.05) is 6.42 Å². The van der Waals surface area contributed by atoms with E-state index < -0.39 is 18.1 Å². The zero-order valence-electron chi connectivity index (χ0n) is 14.3. The van der Waals surface area contributed by atoms with Crippen LogP contribution in [0.4, 0.5) is 4.79 Å². The Labute approximate surface area is 152 Å². The maximum atomic E-state index is 12.3. The van der Waals surface area contributed by atoms with Crippen LogP contribution in [0.3, 0.4) is 0 Å². The molecule has 2 aromatic rings. The second kappa shape index (κ2) is 8.49. The number of amides is 1. The van der Waals surface area contributed by atoms with Crippen molar-refractivity contribution >= 4 is 12.1 Å². The first-order valence-corrected chi connectivity index (χ1v) is 8.49. The van der Waals surface area contributed by atoms with E-state index in [1.54, 1.807) is 0 Å². The van der Waals surface area contributed by atoms with Crippen molar-refractivity contribution in [2.75, 3.05) is 6.54 Å². The predicted octanol–water partition coefficient (Wildman–Crippen LogP) is 3.07. The summed E-state index contributed by atoms with van der Waals surface area (Å²) in [6.45, 7) is 0.695. The molecule has 1 N–H and O–H groups in total. The quantitative estimate of drug-likeness (QED) is 0.862. The van der Waals surface area contributed by atoms with Crippen LogP contribution in [0.15, 0.2) is 60.7 Å². The average molecular weight is 355 g/mol. The van der Waals surface area contributed by atoms with E-state index in [0.29, 0.717) is 6.61 Å². The molecule has 0 aliphatic carbocycles. The van der Waals surface area contributed by atoms with Crippen molar-refractivity contribution in [2.24, 2.45) is 0 Å². The molecule has 1 saturated heterocycles. The maximum absolute atomic E-state index is 12.3. The number of aliphatic carboxylic acids is 1. The zero-order valence-corrected chi connectivity index (χ0v) is 14.3. The third-order valence-corrected chi connectivity index (χ3v) is 4.32. The Morgan fingerprint density at radius 3 is 2.12 bits per heavy atom. The van der Waals surface area contributed by atoms with Crippen LogP contribution in [0.5, 0.6) is 0 Å². The van der Waals surface area contributed by atoms with Gasteiger partial charge in [-0.3, -0.25) is 4.90 Å². The molecule has 1 aliphatic rings. The van der Waals surface area contributed by atoms with E-state index in [-0.39, 0.29) is 25.7 Å². The van der Waals surface area contributed by atoms with E-state index in [0.717, 1.165) is 11.1 Å². The first-order chi connectivity index (χ1) is 12.6. The summed E-state index contributed by atoms with van der Waals surface area (Å²) in [4.78, 5) is 25.1. The highest BCUT2D eigenvalue weighted by Gasteiger charge is 2.41. The van der Waals surface area contributed by atoms with Crippen LogP contribution in [0, 0.1) is 0 Å². The smallest absolute Gasteiger partial charge is 0.410 e. The summed E-state index contributed by atoms with van der Waals surface area (Å²) in [7, 11) is 0. The Kier molecular flexibility index (Phi) is 5.86. The van der Waals surface area contributed by atoms with Crippen LogP contribution in [0.1, 0.15) is 17.5 Å². The van der Waals surface area contributed by atoms with Gasteiger partial charge in [0.1, 0.15) is 12.6 Å². The minimum atomic E-state index is -1.05. The fourth-order valence-electron chi connectivity index (χ4n) is 2.94. The van der Waals surface area contributed by atoms with Crippen LogP contribution in [-0.4, -0.2) is 40.8 Å². The molecule has 6 nitrogen and oxygen atoms in total. The second-order valence-electron chi connectivity index (χ2n) is 6.20. The molecule has 6 heteroatoms. The fraction of sp³-hybridized carbons (Fsp3) is 0.300. The molecule has 1 aliphatic heterocycles. The summed E-state index contributed by atoms with van der Waals surface area (Å²) in [5, 5.41) is 9.42. The Morgan fingerprint density at radius 1 is 0.962 bits per heavy atom. The van der Waals surface area contributed by atoms with Crippen LogP contribution in [0.2, 0.25) is 0 Å². The number of benzene rings is 2. The highest BCUT2D eigenvalue weighted by Crippen LogP contribution is 2.23. The fourth-order valence-corrected chi connectivity index (χ4v) is 2.94. The van der Waals surface area contributed by atoms with E-state index in [4.69, 9.17) is 9.47 Å². The van der Waals surface area contributed by atoms with E-state index >= 15 is 0 Å². The summed E-state index contributed by atoms with van der Waals surface area (Å²) in [5.41, 5.74) is 1.85. The lowest BCUT2D eigenvalue weighted by Gasteiger charge is -2.20. The highest BCUT2D eigenvalue weighted by molar-refractivity contribution is 5.80. The number of nitrogens with zero attached hydrogens (tertiary/aromatic N) is 1. The van der Waals surface area contributed by atoms with Crippen molar-refractivity contribution < 1.29 is 24.2 Å². The molecule has 0 aromatic heterocycles. The number of rotatable bonds is 6. The minimum absolute atomic E-state index is 0.109. The van der Waals surface area contributed by atoms with Crippen molar-refractivity contribution in [3.63, 3.8) is 0 Å². The van der Waals surface area contributed by atoms with Gasteiger partial charge in [-0.2, -0.15) is 0 Å². The topological polar surface area (TPSA) is 76.1 Å². The SMILES string of the molecule is O=C(O)[C@@H]1C[C@H](OCc2ccccc2)CN1C(=O)OCc1ccccc1. The molecule has 1 heterocycles. The van der Waals surface area contributed by atoms with Crippen molar-refractivity contribution in [1.29, 1.82) is 0 Å². The molecule has 26 heavy (non-hydrogen) atoms. The maximum Gasteiger partial charge on any atom is 0.410 e. The van der Waals surface area contributed by atoms with Gasteiger partial charge in [0.2, 0.25) is 0 Å².